The summed E-state index contributed by atoms with van der Waals surface area (Å²) in [5, 5.41) is 4.27. The van der Waals surface area contributed by atoms with E-state index in [-0.39, 0.29) is 24.8 Å². The van der Waals surface area contributed by atoms with E-state index in [4.69, 9.17) is 27.9 Å². The van der Waals surface area contributed by atoms with Crippen LogP contribution in [0.1, 0.15) is 43.7 Å². The first-order chi connectivity index (χ1) is 18.0. The van der Waals surface area contributed by atoms with Gasteiger partial charge in [0.15, 0.2) is 0 Å². The van der Waals surface area contributed by atoms with Crippen LogP contribution in [-0.4, -0.2) is 35.9 Å². The van der Waals surface area contributed by atoms with Gasteiger partial charge in [0.25, 0.3) is 0 Å². The number of hydrogen-bond donors (Lipinski definition) is 1. The molecule has 1 N–H and O–H groups in total. The van der Waals surface area contributed by atoms with Crippen molar-refractivity contribution in [3.05, 3.63) is 100 Å². The third-order valence-electron chi connectivity index (χ3n) is 5.96. The van der Waals surface area contributed by atoms with Crippen LogP contribution in [0.5, 0.6) is 5.75 Å². The van der Waals surface area contributed by atoms with Gasteiger partial charge in [-0.15, -0.1) is 0 Å². The Morgan fingerprint density at radius 1 is 0.892 bits per heavy atom. The lowest BCUT2D eigenvalue weighted by atomic mass is 10.0. The monoisotopic (exact) mass is 540 g/mol. The molecular weight excluding hydrogens is 507 g/mol. The van der Waals surface area contributed by atoms with Crippen molar-refractivity contribution in [3.63, 3.8) is 0 Å². The van der Waals surface area contributed by atoms with Gasteiger partial charge in [-0.2, -0.15) is 0 Å². The molecule has 2 amide bonds. The van der Waals surface area contributed by atoms with Crippen LogP contribution in [0.3, 0.4) is 0 Å². The van der Waals surface area contributed by atoms with E-state index in [0.717, 1.165) is 24.0 Å². The molecule has 7 heteroatoms. The number of unbranched alkanes of at least 4 members (excludes halogenated alkanes) is 1. The predicted octanol–water partition coefficient (Wildman–Crippen LogP) is 6.71. The fourth-order valence-electron chi connectivity index (χ4n) is 3.98. The average Bonchev–Trinajstić information content (AvgIpc) is 2.90. The standard InChI is InChI=1S/C30H34Cl2N2O3/c1-2-3-18-33-30(36)28(21-23-9-5-4-6-10-23)34(22-24-11-7-12-26(32)20-24)29(35)13-8-19-37-27-16-14-25(31)15-17-27/h4-7,9-12,14-17,20,28H,2-3,8,13,18-19,21-22H2,1H3,(H,33,36)/t28-/m1/s1. The number of amides is 2. The molecule has 1 atom stereocenters. The zero-order chi connectivity index (χ0) is 26.5. The zero-order valence-electron chi connectivity index (χ0n) is 21.2. The van der Waals surface area contributed by atoms with Gasteiger partial charge < -0.3 is 15.0 Å². The number of halogens is 2. The maximum Gasteiger partial charge on any atom is 0.243 e. The summed E-state index contributed by atoms with van der Waals surface area (Å²) in [5.74, 6) is 0.446. The van der Waals surface area contributed by atoms with E-state index in [0.29, 0.717) is 41.8 Å². The number of rotatable bonds is 14. The minimum Gasteiger partial charge on any atom is -0.494 e. The number of nitrogens with zero attached hydrogens (tertiary/aromatic N) is 1. The Bertz CT molecular complexity index is 1120. The fraction of sp³-hybridized carbons (Fsp3) is 0.333. The smallest absolute Gasteiger partial charge is 0.243 e. The first kappa shape index (κ1) is 28.5. The zero-order valence-corrected chi connectivity index (χ0v) is 22.7. The molecule has 196 valence electrons. The van der Waals surface area contributed by atoms with Crippen LogP contribution in [0.15, 0.2) is 78.9 Å². The Balaban J connectivity index is 1.77. The second-order valence-corrected chi connectivity index (χ2v) is 9.78. The van der Waals surface area contributed by atoms with Crippen LogP contribution in [0, 0.1) is 0 Å². The van der Waals surface area contributed by atoms with Crippen molar-refractivity contribution in [2.45, 2.75) is 51.6 Å². The van der Waals surface area contributed by atoms with E-state index >= 15 is 0 Å². The SMILES string of the molecule is CCCCNC(=O)[C@@H](Cc1ccccc1)N(Cc1cccc(Cl)c1)C(=O)CCCOc1ccc(Cl)cc1. The quantitative estimate of drug-likeness (QED) is 0.231. The van der Waals surface area contributed by atoms with Gasteiger partial charge in [-0.3, -0.25) is 9.59 Å². The maximum atomic E-state index is 13.6. The molecule has 0 saturated heterocycles. The van der Waals surface area contributed by atoms with Gasteiger partial charge in [0.2, 0.25) is 11.8 Å². The molecule has 0 saturated carbocycles. The van der Waals surface area contributed by atoms with Gasteiger partial charge in [-0.25, -0.2) is 0 Å². The lowest BCUT2D eigenvalue weighted by molar-refractivity contribution is -0.141. The molecule has 3 aromatic carbocycles. The fourth-order valence-corrected chi connectivity index (χ4v) is 4.32. The van der Waals surface area contributed by atoms with Gasteiger partial charge >= 0.3 is 0 Å². The third-order valence-corrected chi connectivity index (χ3v) is 6.45. The Morgan fingerprint density at radius 2 is 1.62 bits per heavy atom. The van der Waals surface area contributed by atoms with Crippen LogP contribution >= 0.6 is 23.2 Å². The molecule has 5 nitrogen and oxygen atoms in total. The largest absolute Gasteiger partial charge is 0.494 e. The minimum absolute atomic E-state index is 0.105. The van der Waals surface area contributed by atoms with Gasteiger partial charge in [0.05, 0.1) is 6.61 Å². The Kier molecular flexibility index (Phi) is 11.8. The van der Waals surface area contributed by atoms with Crippen LogP contribution < -0.4 is 10.1 Å². The van der Waals surface area contributed by atoms with E-state index in [1.807, 2.05) is 48.5 Å². The molecule has 0 bridgehead atoms. The van der Waals surface area contributed by atoms with Crippen LogP contribution in [0.25, 0.3) is 0 Å². The number of carbonyl (C=O) groups is 2. The Morgan fingerprint density at radius 3 is 2.32 bits per heavy atom. The number of carbonyl (C=O) groups excluding carboxylic acids is 2. The second-order valence-electron chi connectivity index (χ2n) is 8.91. The molecule has 0 fully saturated rings. The molecular formula is C30H34Cl2N2O3. The highest BCUT2D eigenvalue weighted by molar-refractivity contribution is 6.30. The molecule has 0 aliphatic heterocycles. The molecule has 3 aromatic rings. The van der Waals surface area contributed by atoms with Crippen molar-refractivity contribution in [1.29, 1.82) is 0 Å². The van der Waals surface area contributed by atoms with E-state index in [1.54, 1.807) is 35.2 Å². The molecule has 0 radical (unpaired) electrons. The summed E-state index contributed by atoms with van der Waals surface area (Å²) in [5.41, 5.74) is 1.87. The second kappa shape index (κ2) is 15.3. The van der Waals surface area contributed by atoms with Crippen LogP contribution in [-0.2, 0) is 22.6 Å². The highest BCUT2D eigenvalue weighted by Crippen LogP contribution is 2.19. The normalized spacial score (nSPS) is 11.5. The van der Waals surface area contributed by atoms with E-state index in [1.165, 1.54) is 0 Å². The molecule has 3 rings (SSSR count). The molecule has 0 unspecified atom stereocenters. The summed E-state index contributed by atoms with van der Waals surface area (Å²) >= 11 is 12.2. The molecule has 37 heavy (non-hydrogen) atoms. The van der Waals surface area contributed by atoms with Crippen molar-refractivity contribution < 1.29 is 14.3 Å². The summed E-state index contributed by atoms with van der Waals surface area (Å²) in [6.45, 7) is 3.32. The topological polar surface area (TPSA) is 58.6 Å². The van der Waals surface area contributed by atoms with Crippen molar-refractivity contribution in [2.24, 2.45) is 0 Å². The van der Waals surface area contributed by atoms with E-state index in [2.05, 4.69) is 12.2 Å². The minimum atomic E-state index is -0.650. The summed E-state index contributed by atoms with van der Waals surface area (Å²) in [4.78, 5) is 28.7. The molecule has 0 aliphatic rings. The van der Waals surface area contributed by atoms with Gasteiger partial charge in [-0.1, -0.05) is 79.0 Å². The number of hydrogen-bond acceptors (Lipinski definition) is 3. The van der Waals surface area contributed by atoms with Crippen molar-refractivity contribution in [3.8, 4) is 5.75 Å². The average molecular weight is 542 g/mol. The van der Waals surface area contributed by atoms with Crippen LogP contribution in [0.2, 0.25) is 10.0 Å². The van der Waals surface area contributed by atoms with Crippen molar-refractivity contribution >= 4 is 35.0 Å². The van der Waals surface area contributed by atoms with Gasteiger partial charge in [0.1, 0.15) is 11.8 Å². The lowest BCUT2D eigenvalue weighted by Gasteiger charge is -2.31. The highest BCUT2D eigenvalue weighted by atomic mass is 35.5. The summed E-state index contributed by atoms with van der Waals surface area (Å²) in [6.07, 6.45) is 3.05. The molecule has 0 aliphatic carbocycles. The van der Waals surface area contributed by atoms with Gasteiger partial charge in [0, 0.05) is 36.0 Å². The number of benzene rings is 3. The summed E-state index contributed by atoms with van der Waals surface area (Å²) in [6, 6.07) is 23.7. The van der Waals surface area contributed by atoms with Crippen molar-refractivity contribution in [2.75, 3.05) is 13.2 Å². The maximum absolute atomic E-state index is 13.6. The van der Waals surface area contributed by atoms with E-state index < -0.39 is 6.04 Å². The van der Waals surface area contributed by atoms with E-state index in [9.17, 15) is 9.59 Å². The van der Waals surface area contributed by atoms with Crippen LogP contribution in [0.4, 0.5) is 0 Å². The Labute approximate surface area is 229 Å². The molecule has 0 spiro atoms. The predicted molar refractivity (Wildman–Crippen MR) is 150 cm³/mol. The third kappa shape index (κ3) is 9.75. The molecule has 0 heterocycles. The summed E-state index contributed by atoms with van der Waals surface area (Å²) in [7, 11) is 0. The highest BCUT2D eigenvalue weighted by Gasteiger charge is 2.30. The first-order valence-electron chi connectivity index (χ1n) is 12.7. The lowest BCUT2D eigenvalue weighted by Crippen LogP contribution is -2.50. The van der Waals surface area contributed by atoms with Crippen molar-refractivity contribution in [1.82, 2.24) is 10.2 Å². The molecule has 0 aromatic heterocycles. The number of ether oxygens (including phenoxy) is 1. The summed E-state index contributed by atoms with van der Waals surface area (Å²) < 4.78 is 5.77. The Hall–Kier alpha value is -3.02. The van der Waals surface area contributed by atoms with Gasteiger partial charge in [-0.05, 0) is 60.4 Å². The number of nitrogens with one attached hydrogen (secondary N) is 1. The first-order valence-corrected chi connectivity index (χ1v) is 13.5.